The molecule has 4 heteroatoms. The monoisotopic (exact) mass is 334 g/mol. The third-order valence-corrected chi connectivity index (χ3v) is 4.55. The maximum absolute atomic E-state index is 11.7. The van der Waals surface area contributed by atoms with Gasteiger partial charge < -0.3 is 10.2 Å². The van der Waals surface area contributed by atoms with Gasteiger partial charge in [0.25, 0.3) is 0 Å². The Kier molecular flexibility index (Phi) is 10.1. The van der Waals surface area contributed by atoms with Gasteiger partial charge in [0, 0.05) is 31.6 Å². The van der Waals surface area contributed by atoms with E-state index in [1.807, 2.05) is 6.08 Å². The minimum atomic E-state index is -0.764. The number of hydrogen-bond donors (Lipinski definition) is 2. The average molecular weight is 334 g/mol. The lowest BCUT2D eigenvalue weighted by molar-refractivity contribution is -0.137. The van der Waals surface area contributed by atoms with E-state index in [1.54, 1.807) is 6.08 Å². The highest BCUT2D eigenvalue weighted by Crippen LogP contribution is 2.35. The number of carboxylic acids is 1. The molecule has 0 amide bonds. The molecule has 1 aliphatic rings. The third kappa shape index (κ3) is 8.31. The SMILES string of the molecule is CCCCC(=O)/C=C/C1CCC(O)C1CC#CCCCCC(=O)O. The van der Waals surface area contributed by atoms with Crippen LogP contribution in [0.4, 0.5) is 0 Å². The van der Waals surface area contributed by atoms with Crippen molar-refractivity contribution in [2.75, 3.05) is 0 Å². The van der Waals surface area contributed by atoms with Crippen LogP contribution in [0.25, 0.3) is 0 Å². The van der Waals surface area contributed by atoms with Crippen molar-refractivity contribution in [3.05, 3.63) is 12.2 Å². The first-order valence-electron chi connectivity index (χ1n) is 9.11. The lowest BCUT2D eigenvalue weighted by atomic mass is 9.91. The van der Waals surface area contributed by atoms with Gasteiger partial charge in [-0.2, -0.15) is 0 Å². The van der Waals surface area contributed by atoms with Crippen LogP contribution in [-0.2, 0) is 9.59 Å². The number of carboxylic acid groups (broad SMARTS) is 1. The highest BCUT2D eigenvalue weighted by molar-refractivity contribution is 5.89. The predicted octanol–water partition coefficient (Wildman–Crippen LogP) is 3.73. The molecule has 1 saturated carbocycles. The summed E-state index contributed by atoms with van der Waals surface area (Å²) >= 11 is 0. The molecule has 0 aliphatic heterocycles. The molecule has 0 radical (unpaired) electrons. The van der Waals surface area contributed by atoms with Crippen LogP contribution in [0, 0.1) is 23.7 Å². The highest BCUT2D eigenvalue weighted by atomic mass is 16.4. The summed E-state index contributed by atoms with van der Waals surface area (Å²) in [4.78, 5) is 22.1. The number of carbonyl (C=O) groups is 2. The summed E-state index contributed by atoms with van der Waals surface area (Å²) in [6, 6.07) is 0. The Morgan fingerprint density at radius 1 is 1.12 bits per heavy atom. The number of rotatable bonds is 10. The highest BCUT2D eigenvalue weighted by Gasteiger charge is 2.32. The maximum atomic E-state index is 11.7. The van der Waals surface area contributed by atoms with Crippen molar-refractivity contribution in [2.24, 2.45) is 11.8 Å². The molecule has 1 rings (SSSR count). The Morgan fingerprint density at radius 3 is 2.62 bits per heavy atom. The van der Waals surface area contributed by atoms with Crippen LogP contribution >= 0.6 is 0 Å². The van der Waals surface area contributed by atoms with Gasteiger partial charge in [0.2, 0.25) is 0 Å². The van der Waals surface area contributed by atoms with E-state index < -0.39 is 5.97 Å². The molecular formula is C20H30O4. The molecule has 4 nitrogen and oxygen atoms in total. The number of hydrogen-bond acceptors (Lipinski definition) is 3. The number of unbranched alkanes of at least 4 members (excludes halogenated alkanes) is 3. The summed E-state index contributed by atoms with van der Waals surface area (Å²) in [5.74, 6) is 5.93. The first-order valence-corrected chi connectivity index (χ1v) is 9.11. The molecule has 0 bridgehead atoms. The molecule has 0 heterocycles. The second kappa shape index (κ2) is 11.9. The zero-order valence-corrected chi connectivity index (χ0v) is 14.7. The Hall–Kier alpha value is -1.60. The van der Waals surface area contributed by atoms with Crippen molar-refractivity contribution in [3.8, 4) is 11.8 Å². The van der Waals surface area contributed by atoms with Crippen molar-refractivity contribution in [1.82, 2.24) is 0 Å². The van der Waals surface area contributed by atoms with E-state index in [9.17, 15) is 14.7 Å². The van der Waals surface area contributed by atoms with Crippen LogP contribution in [0.3, 0.4) is 0 Å². The van der Waals surface area contributed by atoms with Gasteiger partial charge in [-0.15, -0.1) is 11.8 Å². The Balaban J connectivity index is 2.37. The molecule has 134 valence electrons. The van der Waals surface area contributed by atoms with Crippen molar-refractivity contribution >= 4 is 11.8 Å². The van der Waals surface area contributed by atoms with Crippen molar-refractivity contribution < 1.29 is 19.8 Å². The number of aliphatic hydroxyl groups is 1. The van der Waals surface area contributed by atoms with Crippen LogP contribution < -0.4 is 0 Å². The lowest BCUT2D eigenvalue weighted by Gasteiger charge is -2.16. The summed E-state index contributed by atoms with van der Waals surface area (Å²) in [5.41, 5.74) is 0. The quantitative estimate of drug-likeness (QED) is 0.363. The minimum Gasteiger partial charge on any atom is -0.481 e. The number of ketones is 1. The van der Waals surface area contributed by atoms with Gasteiger partial charge >= 0.3 is 5.97 Å². The van der Waals surface area contributed by atoms with Crippen molar-refractivity contribution in [3.63, 3.8) is 0 Å². The van der Waals surface area contributed by atoms with E-state index in [0.717, 1.165) is 32.1 Å². The molecular weight excluding hydrogens is 304 g/mol. The molecule has 24 heavy (non-hydrogen) atoms. The number of carbonyl (C=O) groups excluding carboxylic acids is 1. The summed E-state index contributed by atoms with van der Waals surface area (Å²) < 4.78 is 0. The fraction of sp³-hybridized carbons (Fsp3) is 0.700. The third-order valence-electron chi connectivity index (χ3n) is 4.55. The summed E-state index contributed by atoms with van der Waals surface area (Å²) in [6.45, 7) is 2.07. The van der Waals surface area contributed by atoms with Crippen LogP contribution in [-0.4, -0.2) is 28.1 Å². The molecule has 3 atom stereocenters. The fourth-order valence-corrected chi connectivity index (χ4v) is 3.04. The molecule has 1 fully saturated rings. The van der Waals surface area contributed by atoms with Crippen LogP contribution in [0.15, 0.2) is 12.2 Å². The Labute approximate surface area is 145 Å². The van der Waals surface area contributed by atoms with Crippen molar-refractivity contribution in [2.45, 2.75) is 77.2 Å². The summed E-state index contributed by atoms with van der Waals surface area (Å²) in [7, 11) is 0. The molecule has 0 aromatic rings. The molecule has 0 aromatic carbocycles. The van der Waals surface area contributed by atoms with Gasteiger partial charge in [0.05, 0.1) is 6.10 Å². The molecule has 1 aliphatic carbocycles. The Bertz CT molecular complexity index is 484. The first-order chi connectivity index (χ1) is 11.5. The normalized spacial score (nSPS) is 23.2. The average Bonchev–Trinajstić information content (AvgIpc) is 2.90. The number of allylic oxidation sites excluding steroid dienone is 2. The van der Waals surface area contributed by atoms with Gasteiger partial charge in [-0.05, 0) is 44.1 Å². The van der Waals surface area contributed by atoms with Gasteiger partial charge in [0.1, 0.15) is 0 Å². The zero-order valence-electron chi connectivity index (χ0n) is 14.7. The zero-order chi connectivity index (χ0) is 17.8. The van der Waals surface area contributed by atoms with Crippen LogP contribution in [0.2, 0.25) is 0 Å². The largest absolute Gasteiger partial charge is 0.481 e. The lowest BCUT2D eigenvalue weighted by Crippen LogP contribution is -2.17. The van der Waals surface area contributed by atoms with Crippen LogP contribution in [0.5, 0.6) is 0 Å². The molecule has 3 unspecified atom stereocenters. The van der Waals surface area contributed by atoms with Gasteiger partial charge in [0.15, 0.2) is 5.78 Å². The molecule has 0 saturated heterocycles. The minimum absolute atomic E-state index is 0.103. The smallest absolute Gasteiger partial charge is 0.303 e. The molecule has 2 N–H and O–H groups in total. The van der Waals surface area contributed by atoms with E-state index in [-0.39, 0.29) is 30.1 Å². The number of aliphatic carboxylic acids is 1. The van der Waals surface area contributed by atoms with Gasteiger partial charge in [-0.1, -0.05) is 19.4 Å². The molecule has 0 aromatic heterocycles. The second-order valence-electron chi connectivity index (χ2n) is 6.56. The van der Waals surface area contributed by atoms with E-state index >= 15 is 0 Å². The topological polar surface area (TPSA) is 74.6 Å². The standard InChI is InChI=1S/C20H30O4/c1-2-3-9-17(21)14-12-16-13-15-19(22)18(16)10-7-5-4-6-8-11-20(23)24/h12,14,16,18-19,22H,2-4,6,8-11,13,15H2,1H3,(H,23,24)/b14-12+. The summed E-state index contributed by atoms with van der Waals surface area (Å²) in [5, 5.41) is 18.7. The van der Waals surface area contributed by atoms with E-state index in [2.05, 4.69) is 18.8 Å². The summed E-state index contributed by atoms with van der Waals surface area (Å²) in [6.07, 6.45) is 10.5. The maximum Gasteiger partial charge on any atom is 0.303 e. The first kappa shape index (κ1) is 20.4. The number of aliphatic hydroxyl groups excluding tert-OH is 1. The van der Waals surface area contributed by atoms with E-state index in [1.165, 1.54) is 0 Å². The van der Waals surface area contributed by atoms with E-state index in [0.29, 0.717) is 25.7 Å². The Morgan fingerprint density at radius 2 is 1.92 bits per heavy atom. The predicted molar refractivity (Wildman–Crippen MR) is 94.4 cm³/mol. The van der Waals surface area contributed by atoms with Gasteiger partial charge in [-0.3, -0.25) is 9.59 Å². The molecule has 0 spiro atoms. The van der Waals surface area contributed by atoms with Gasteiger partial charge in [-0.25, -0.2) is 0 Å². The second-order valence-corrected chi connectivity index (χ2v) is 6.56. The van der Waals surface area contributed by atoms with Crippen LogP contribution in [0.1, 0.15) is 71.1 Å². The van der Waals surface area contributed by atoms with Crippen molar-refractivity contribution in [1.29, 1.82) is 0 Å². The fourth-order valence-electron chi connectivity index (χ4n) is 3.04. The van der Waals surface area contributed by atoms with E-state index in [4.69, 9.17) is 5.11 Å².